The second-order valence-corrected chi connectivity index (χ2v) is 9.37. The molecule has 1 aliphatic rings. The van der Waals surface area contributed by atoms with Gasteiger partial charge in [-0.15, -0.1) is 0 Å². The van der Waals surface area contributed by atoms with Crippen LogP contribution in [0.15, 0.2) is 66.2 Å². The Balaban J connectivity index is 1.94. The van der Waals surface area contributed by atoms with Crippen molar-refractivity contribution in [3.8, 4) is 23.0 Å². The van der Waals surface area contributed by atoms with Gasteiger partial charge in [-0.25, -0.2) is 0 Å². The molecule has 4 rings (SSSR count). The minimum absolute atomic E-state index is 0.0677. The van der Waals surface area contributed by atoms with Crippen molar-refractivity contribution in [1.29, 1.82) is 0 Å². The standard InChI is InChI=1S/C31H33NO7/c1-6-38-22-12-10-21(11-13-22)32-28(19-8-14-24(33)26(17-19)39-7-2)27(30(35)31(32)36)29(34)20-9-15-25(37-5)23(16-20)18(3)4/h8-18,28,33-34H,6-7H2,1-5H3/b29-27+. The molecular formula is C31H33NO7. The maximum atomic E-state index is 13.5. The lowest BCUT2D eigenvalue weighted by Gasteiger charge is -2.26. The number of phenolic OH excluding ortho intramolecular Hbond substituents is 1. The average Bonchev–Trinajstić information content (AvgIpc) is 3.20. The number of benzene rings is 3. The highest BCUT2D eigenvalue weighted by Crippen LogP contribution is 2.44. The fourth-order valence-corrected chi connectivity index (χ4v) is 4.74. The second-order valence-electron chi connectivity index (χ2n) is 9.37. The first-order valence-electron chi connectivity index (χ1n) is 12.9. The van der Waals surface area contributed by atoms with E-state index in [4.69, 9.17) is 14.2 Å². The second kappa shape index (κ2) is 11.5. The summed E-state index contributed by atoms with van der Waals surface area (Å²) < 4.78 is 16.6. The summed E-state index contributed by atoms with van der Waals surface area (Å²) in [7, 11) is 1.57. The number of rotatable bonds is 9. The summed E-state index contributed by atoms with van der Waals surface area (Å²) in [6, 6.07) is 15.6. The number of Topliss-reactive ketones (excluding diaryl/α,β-unsaturated/α-hetero) is 1. The first-order chi connectivity index (χ1) is 18.7. The Bertz CT molecular complexity index is 1410. The predicted molar refractivity (Wildman–Crippen MR) is 149 cm³/mol. The predicted octanol–water partition coefficient (Wildman–Crippen LogP) is 5.95. The quantitative estimate of drug-likeness (QED) is 0.200. The Morgan fingerprint density at radius 2 is 1.62 bits per heavy atom. The number of phenols is 1. The van der Waals surface area contributed by atoms with Gasteiger partial charge in [0.25, 0.3) is 11.7 Å². The summed E-state index contributed by atoms with van der Waals surface area (Å²) in [5.74, 6) is -0.407. The molecule has 0 aromatic heterocycles. The molecule has 1 atom stereocenters. The fourth-order valence-electron chi connectivity index (χ4n) is 4.74. The van der Waals surface area contributed by atoms with Crippen LogP contribution in [0, 0.1) is 0 Å². The number of aromatic hydroxyl groups is 1. The molecule has 1 fully saturated rings. The Kier molecular flexibility index (Phi) is 8.14. The number of carbonyl (C=O) groups is 2. The van der Waals surface area contributed by atoms with Gasteiger partial charge in [0.05, 0.1) is 31.9 Å². The topological polar surface area (TPSA) is 106 Å². The first-order valence-corrected chi connectivity index (χ1v) is 12.9. The molecule has 0 radical (unpaired) electrons. The van der Waals surface area contributed by atoms with E-state index in [1.54, 1.807) is 68.6 Å². The van der Waals surface area contributed by atoms with Gasteiger partial charge >= 0.3 is 0 Å². The highest BCUT2D eigenvalue weighted by atomic mass is 16.5. The van der Waals surface area contributed by atoms with Crippen LogP contribution in [0.5, 0.6) is 23.0 Å². The lowest BCUT2D eigenvalue weighted by Crippen LogP contribution is -2.29. The number of hydrogen-bond donors (Lipinski definition) is 2. The van der Waals surface area contributed by atoms with Crippen molar-refractivity contribution in [3.05, 3.63) is 82.9 Å². The van der Waals surface area contributed by atoms with Crippen LogP contribution in [0.3, 0.4) is 0 Å². The van der Waals surface area contributed by atoms with Crippen LogP contribution >= 0.6 is 0 Å². The number of ketones is 1. The molecular weight excluding hydrogens is 498 g/mol. The largest absolute Gasteiger partial charge is 0.507 e. The highest BCUT2D eigenvalue weighted by molar-refractivity contribution is 6.51. The van der Waals surface area contributed by atoms with Crippen molar-refractivity contribution in [2.75, 3.05) is 25.2 Å². The highest BCUT2D eigenvalue weighted by Gasteiger charge is 2.47. The van der Waals surface area contributed by atoms with Gasteiger partial charge in [0, 0.05) is 11.3 Å². The van der Waals surface area contributed by atoms with Gasteiger partial charge in [-0.05, 0) is 85.5 Å². The zero-order valence-corrected chi connectivity index (χ0v) is 22.7. The summed E-state index contributed by atoms with van der Waals surface area (Å²) in [4.78, 5) is 28.4. The van der Waals surface area contributed by atoms with E-state index >= 15 is 0 Å². The minimum atomic E-state index is -0.979. The number of carbonyl (C=O) groups excluding carboxylic acids is 2. The first kappa shape index (κ1) is 27.6. The number of anilines is 1. The molecule has 0 bridgehead atoms. The van der Waals surface area contributed by atoms with Crippen molar-refractivity contribution in [2.24, 2.45) is 0 Å². The van der Waals surface area contributed by atoms with Crippen LogP contribution < -0.4 is 19.1 Å². The molecule has 3 aromatic carbocycles. The van der Waals surface area contributed by atoms with Gasteiger partial charge in [0.1, 0.15) is 17.3 Å². The van der Waals surface area contributed by atoms with Crippen LogP contribution in [0.2, 0.25) is 0 Å². The van der Waals surface area contributed by atoms with Gasteiger partial charge in [0.2, 0.25) is 0 Å². The van der Waals surface area contributed by atoms with Crippen LogP contribution in [0.25, 0.3) is 5.76 Å². The molecule has 204 valence electrons. The monoisotopic (exact) mass is 531 g/mol. The van der Waals surface area contributed by atoms with Gasteiger partial charge in [-0.1, -0.05) is 19.9 Å². The van der Waals surface area contributed by atoms with E-state index in [1.807, 2.05) is 20.8 Å². The maximum Gasteiger partial charge on any atom is 0.300 e. The summed E-state index contributed by atoms with van der Waals surface area (Å²) in [5, 5.41) is 21.9. The Morgan fingerprint density at radius 1 is 0.923 bits per heavy atom. The number of aliphatic hydroxyl groups excluding tert-OH is 1. The van der Waals surface area contributed by atoms with E-state index in [0.717, 1.165) is 5.56 Å². The molecule has 1 amide bonds. The van der Waals surface area contributed by atoms with Crippen molar-refractivity contribution in [1.82, 2.24) is 0 Å². The Hall–Kier alpha value is -4.46. The summed E-state index contributed by atoms with van der Waals surface area (Å²) in [6.07, 6.45) is 0. The molecule has 1 unspecified atom stereocenters. The molecule has 1 aliphatic heterocycles. The average molecular weight is 532 g/mol. The number of hydrogen-bond acceptors (Lipinski definition) is 7. The van der Waals surface area contributed by atoms with E-state index in [9.17, 15) is 19.8 Å². The van der Waals surface area contributed by atoms with E-state index in [2.05, 4.69) is 0 Å². The van der Waals surface area contributed by atoms with E-state index in [1.165, 1.54) is 11.0 Å². The van der Waals surface area contributed by atoms with Crippen molar-refractivity contribution in [2.45, 2.75) is 39.7 Å². The summed E-state index contributed by atoms with van der Waals surface area (Å²) in [5.41, 5.74) is 2.11. The lowest BCUT2D eigenvalue weighted by molar-refractivity contribution is -0.132. The molecule has 8 nitrogen and oxygen atoms in total. The van der Waals surface area contributed by atoms with E-state index in [0.29, 0.717) is 41.5 Å². The normalized spacial score (nSPS) is 16.6. The molecule has 0 spiro atoms. The molecule has 1 saturated heterocycles. The summed E-state index contributed by atoms with van der Waals surface area (Å²) >= 11 is 0. The molecule has 2 N–H and O–H groups in total. The zero-order valence-electron chi connectivity index (χ0n) is 22.7. The molecule has 0 aliphatic carbocycles. The number of ether oxygens (including phenoxy) is 3. The number of methoxy groups -OCH3 is 1. The van der Waals surface area contributed by atoms with E-state index in [-0.39, 0.29) is 28.7 Å². The fraction of sp³-hybridized carbons (Fsp3) is 0.290. The third-order valence-corrected chi connectivity index (χ3v) is 6.59. The Morgan fingerprint density at radius 3 is 2.23 bits per heavy atom. The van der Waals surface area contributed by atoms with Crippen molar-refractivity contribution < 1.29 is 34.0 Å². The van der Waals surface area contributed by atoms with Crippen molar-refractivity contribution >= 4 is 23.1 Å². The SMILES string of the molecule is CCOc1ccc(N2C(=O)C(=O)/C(=C(/O)c3ccc(OC)c(C(C)C)c3)C2c2ccc(O)c(OCC)c2)cc1. The van der Waals surface area contributed by atoms with Crippen LogP contribution in [-0.4, -0.2) is 42.2 Å². The van der Waals surface area contributed by atoms with Gasteiger partial charge in [0.15, 0.2) is 11.5 Å². The van der Waals surface area contributed by atoms with Gasteiger partial charge < -0.3 is 24.4 Å². The summed E-state index contributed by atoms with van der Waals surface area (Å²) in [6.45, 7) is 8.44. The van der Waals surface area contributed by atoms with E-state index < -0.39 is 17.7 Å². The van der Waals surface area contributed by atoms with Gasteiger partial charge in [-0.2, -0.15) is 0 Å². The lowest BCUT2D eigenvalue weighted by atomic mass is 9.93. The van der Waals surface area contributed by atoms with Crippen molar-refractivity contribution in [3.63, 3.8) is 0 Å². The molecule has 8 heteroatoms. The number of nitrogens with zero attached hydrogens (tertiary/aromatic N) is 1. The molecule has 39 heavy (non-hydrogen) atoms. The smallest absolute Gasteiger partial charge is 0.300 e. The maximum absolute atomic E-state index is 13.5. The third-order valence-electron chi connectivity index (χ3n) is 6.59. The minimum Gasteiger partial charge on any atom is -0.507 e. The third kappa shape index (κ3) is 5.27. The number of aliphatic hydroxyl groups is 1. The molecule has 3 aromatic rings. The molecule has 0 saturated carbocycles. The Labute approximate surface area is 228 Å². The van der Waals surface area contributed by atoms with Crippen LogP contribution in [-0.2, 0) is 9.59 Å². The zero-order chi connectivity index (χ0) is 28.3. The van der Waals surface area contributed by atoms with Crippen LogP contribution in [0.4, 0.5) is 5.69 Å². The number of amides is 1. The molecule has 1 heterocycles. The van der Waals surface area contributed by atoms with Gasteiger partial charge in [-0.3, -0.25) is 14.5 Å². The van der Waals surface area contributed by atoms with Crippen LogP contribution in [0.1, 0.15) is 56.3 Å².